The summed E-state index contributed by atoms with van der Waals surface area (Å²) in [5.41, 5.74) is 1.80. The van der Waals surface area contributed by atoms with Crippen molar-refractivity contribution in [3.05, 3.63) is 35.4 Å². The summed E-state index contributed by atoms with van der Waals surface area (Å²) in [6.07, 6.45) is 0.945. The van der Waals surface area contributed by atoms with Gasteiger partial charge in [0.05, 0.1) is 6.54 Å². The summed E-state index contributed by atoms with van der Waals surface area (Å²) in [4.78, 5) is 18.8. The Kier molecular flexibility index (Phi) is 14.9. The lowest BCUT2D eigenvalue weighted by molar-refractivity contribution is 0.0773. The fraction of sp³-hybridized carbons (Fsp3) is 0.600. The van der Waals surface area contributed by atoms with Gasteiger partial charge in [-0.3, -0.25) is 4.79 Å². The summed E-state index contributed by atoms with van der Waals surface area (Å²) >= 11 is 0. The zero-order valence-electron chi connectivity index (χ0n) is 17.1. The van der Waals surface area contributed by atoms with Crippen molar-refractivity contribution < 1.29 is 9.53 Å². The Morgan fingerprint density at radius 3 is 2.30 bits per heavy atom. The van der Waals surface area contributed by atoms with E-state index in [1.807, 2.05) is 56.9 Å². The highest BCUT2D eigenvalue weighted by Crippen LogP contribution is 2.09. The van der Waals surface area contributed by atoms with Crippen LogP contribution in [0.4, 0.5) is 0 Å². The number of carbonyl (C=O) groups excluding carboxylic acids is 1. The van der Waals surface area contributed by atoms with Crippen LogP contribution in [-0.2, 0) is 11.3 Å². The van der Waals surface area contributed by atoms with Crippen LogP contribution in [0.3, 0.4) is 0 Å². The first-order chi connectivity index (χ1) is 12.7. The maximum absolute atomic E-state index is 12.3. The second kappa shape index (κ2) is 15.7. The second-order valence-corrected chi connectivity index (χ2v) is 5.85. The molecule has 0 bridgehead atoms. The molecule has 0 saturated carbocycles. The number of carbonyl (C=O) groups is 1. The monoisotopic (exact) mass is 490 g/mol. The van der Waals surface area contributed by atoms with Gasteiger partial charge in [-0.25, -0.2) is 4.99 Å². The van der Waals surface area contributed by atoms with E-state index in [9.17, 15) is 4.79 Å². The Morgan fingerprint density at radius 2 is 1.74 bits per heavy atom. The van der Waals surface area contributed by atoms with Crippen molar-refractivity contribution in [2.24, 2.45) is 4.99 Å². The molecule has 0 spiro atoms. The molecule has 1 aromatic rings. The molecule has 2 N–H and O–H groups in total. The number of benzene rings is 1. The third-order valence-corrected chi connectivity index (χ3v) is 3.98. The van der Waals surface area contributed by atoms with Crippen LogP contribution in [-0.4, -0.2) is 56.2 Å². The van der Waals surface area contributed by atoms with Gasteiger partial charge in [0.1, 0.15) is 0 Å². The van der Waals surface area contributed by atoms with Gasteiger partial charge in [-0.15, -0.1) is 24.0 Å². The van der Waals surface area contributed by atoms with Gasteiger partial charge < -0.3 is 20.3 Å². The fourth-order valence-electron chi connectivity index (χ4n) is 2.48. The largest absolute Gasteiger partial charge is 0.382 e. The molecule has 0 heterocycles. The third kappa shape index (κ3) is 9.95. The molecule has 154 valence electrons. The van der Waals surface area contributed by atoms with Crippen LogP contribution in [0.2, 0.25) is 0 Å². The second-order valence-electron chi connectivity index (χ2n) is 5.85. The Morgan fingerprint density at radius 1 is 1.07 bits per heavy atom. The topological polar surface area (TPSA) is 66.0 Å². The van der Waals surface area contributed by atoms with Crippen LogP contribution in [0.25, 0.3) is 0 Å². The smallest absolute Gasteiger partial charge is 0.253 e. The van der Waals surface area contributed by atoms with E-state index >= 15 is 0 Å². The van der Waals surface area contributed by atoms with E-state index in [-0.39, 0.29) is 29.9 Å². The number of nitrogens with one attached hydrogen (secondary N) is 2. The van der Waals surface area contributed by atoms with Gasteiger partial charge >= 0.3 is 0 Å². The van der Waals surface area contributed by atoms with E-state index in [0.717, 1.165) is 62.9 Å². The zero-order valence-corrected chi connectivity index (χ0v) is 19.4. The third-order valence-electron chi connectivity index (χ3n) is 3.98. The predicted molar refractivity (Wildman–Crippen MR) is 123 cm³/mol. The van der Waals surface area contributed by atoms with Crippen LogP contribution < -0.4 is 10.6 Å². The number of guanidine groups is 1. The van der Waals surface area contributed by atoms with E-state index in [2.05, 4.69) is 15.6 Å². The van der Waals surface area contributed by atoms with Crippen molar-refractivity contribution >= 4 is 35.8 Å². The van der Waals surface area contributed by atoms with Crippen LogP contribution in [0.5, 0.6) is 0 Å². The Bertz CT molecular complexity index is 545. The SMILES string of the molecule is CCNC(=NCc1ccc(C(=O)N(CC)CC)cc1)NCCCOCC.I. The van der Waals surface area contributed by atoms with Crippen molar-refractivity contribution in [1.29, 1.82) is 0 Å². The minimum atomic E-state index is 0. The molecule has 0 radical (unpaired) electrons. The molecule has 0 aliphatic heterocycles. The highest BCUT2D eigenvalue weighted by Gasteiger charge is 2.11. The van der Waals surface area contributed by atoms with E-state index in [1.54, 1.807) is 0 Å². The molecule has 1 aromatic carbocycles. The van der Waals surface area contributed by atoms with Crippen LogP contribution in [0, 0.1) is 0 Å². The maximum atomic E-state index is 12.3. The molecule has 0 unspecified atom stereocenters. The quantitative estimate of drug-likeness (QED) is 0.216. The number of rotatable bonds is 11. The number of aliphatic imine (C=N–C) groups is 1. The number of hydrogen-bond donors (Lipinski definition) is 2. The summed E-state index contributed by atoms with van der Waals surface area (Å²) in [5, 5.41) is 6.55. The molecule has 0 aliphatic rings. The van der Waals surface area contributed by atoms with Crippen molar-refractivity contribution in [2.45, 2.75) is 40.7 Å². The van der Waals surface area contributed by atoms with Gasteiger partial charge in [0.2, 0.25) is 0 Å². The fourth-order valence-corrected chi connectivity index (χ4v) is 2.48. The molecule has 0 fully saturated rings. The minimum Gasteiger partial charge on any atom is -0.382 e. The first kappa shape index (κ1) is 25.6. The summed E-state index contributed by atoms with van der Waals surface area (Å²) < 4.78 is 5.34. The Balaban J connectivity index is 0.00000676. The minimum absolute atomic E-state index is 0. The normalized spacial score (nSPS) is 10.9. The number of halogens is 1. The maximum Gasteiger partial charge on any atom is 0.253 e. The lowest BCUT2D eigenvalue weighted by Crippen LogP contribution is -2.38. The van der Waals surface area contributed by atoms with Gasteiger partial charge in [-0.2, -0.15) is 0 Å². The predicted octanol–water partition coefficient (Wildman–Crippen LogP) is 3.27. The average molecular weight is 490 g/mol. The molecule has 6 nitrogen and oxygen atoms in total. The standard InChI is InChI=1S/C20H34N4O2.HI/c1-5-21-20(22-14-9-15-26-8-4)23-16-17-10-12-18(13-11-17)19(25)24(6-2)7-3;/h10-13H,5-9,14-16H2,1-4H3,(H2,21,22,23);1H. The molecule has 27 heavy (non-hydrogen) atoms. The Hall–Kier alpha value is -1.35. The molecule has 1 amide bonds. The highest BCUT2D eigenvalue weighted by atomic mass is 127. The first-order valence-corrected chi connectivity index (χ1v) is 9.64. The zero-order chi connectivity index (χ0) is 19.2. The van der Waals surface area contributed by atoms with E-state index in [1.165, 1.54) is 0 Å². The first-order valence-electron chi connectivity index (χ1n) is 9.64. The molecule has 7 heteroatoms. The lowest BCUT2D eigenvalue weighted by Gasteiger charge is -2.18. The van der Waals surface area contributed by atoms with Crippen LogP contribution in [0.15, 0.2) is 29.3 Å². The van der Waals surface area contributed by atoms with Gasteiger partial charge in [0.25, 0.3) is 5.91 Å². The average Bonchev–Trinajstić information content (AvgIpc) is 2.67. The number of amides is 1. The van der Waals surface area contributed by atoms with E-state index in [0.29, 0.717) is 6.54 Å². The summed E-state index contributed by atoms with van der Waals surface area (Å²) in [7, 11) is 0. The molecule has 0 saturated heterocycles. The summed E-state index contributed by atoms with van der Waals surface area (Å²) in [6, 6.07) is 7.71. The number of nitrogens with zero attached hydrogens (tertiary/aromatic N) is 2. The van der Waals surface area contributed by atoms with Crippen molar-refractivity contribution in [2.75, 3.05) is 39.4 Å². The van der Waals surface area contributed by atoms with Gasteiger partial charge in [0, 0.05) is 45.0 Å². The Labute approximate surface area is 181 Å². The summed E-state index contributed by atoms with van der Waals surface area (Å²) in [5.74, 6) is 0.877. The molecule has 0 aliphatic carbocycles. The lowest BCUT2D eigenvalue weighted by atomic mass is 10.1. The molecule has 0 atom stereocenters. The summed E-state index contributed by atoms with van der Waals surface area (Å²) in [6.45, 7) is 13.2. The number of ether oxygens (including phenoxy) is 1. The molecule has 1 rings (SSSR count). The van der Waals surface area contributed by atoms with Gasteiger partial charge in [-0.05, 0) is 51.8 Å². The molecule has 0 aromatic heterocycles. The number of hydrogen-bond acceptors (Lipinski definition) is 3. The van der Waals surface area contributed by atoms with Gasteiger partial charge in [-0.1, -0.05) is 12.1 Å². The van der Waals surface area contributed by atoms with Crippen molar-refractivity contribution in [1.82, 2.24) is 15.5 Å². The highest BCUT2D eigenvalue weighted by molar-refractivity contribution is 14.0. The van der Waals surface area contributed by atoms with E-state index < -0.39 is 0 Å². The van der Waals surface area contributed by atoms with Crippen LogP contribution >= 0.6 is 24.0 Å². The molecular formula is C20H35IN4O2. The van der Waals surface area contributed by atoms with Crippen LogP contribution in [0.1, 0.15) is 50.0 Å². The van der Waals surface area contributed by atoms with E-state index in [4.69, 9.17) is 4.74 Å². The van der Waals surface area contributed by atoms with Gasteiger partial charge in [0.15, 0.2) is 5.96 Å². The van der Waals surface area contributed by atoms with Crippen molar-refractivity contribution in [3.8, 4) is 0 Å². The molecular weight excluding hydrogens is 455 g/mol. The van der Waals surface area contributed by atoms with Crippen molar-refractivity contribution in [3.63, 3.8) is 0 Å².